The largest absolute Gasteiger partial charge is 0.228 e. The lowest BCUT2D eigenvalue weighted by molar-refractivity contribution is 0.768. The SMILES string of the molecule is c1ccc(-c2nc(-c3ccc(-c4ccc(C5(c6ccccc6)c6ccccc6-c6ccccc65)cc4)cc3)cc(-c3cccc4c3sc3ccccc34)n2)cc1. The lowest BCUT2D eigenvalue weighted by Gasteiger charge is -2.34. The molecule has 0 radical (unpaired) electrons. The zero-order chi connectivity index (χ0) is 37.1. The van der Waals surface area contributed by atoms with Gasteiger partial charge in [0.05, 0.1) is 16.8 Å². The lowest BCUT2D eigenvalue weighted by atomic mass is 9.67. The number of thiophene rings is 1. The maximum absolute atomic E-state index is 5.18. The van der Waals surface area contributed by atoms with Crippen LogP contribution in [0.15, 0.2) is 206 Å². The number of nitrogens with zero attached hydrogens (tertiary/aromatic N) is 2. The minimum absolute atomic E-state index is 0.405. The van der Waals surface area contributed by atoms with E-state index in [4.69, 9.17) is 9.97 Å². The second-order valence-corrected chi connectivity index (χ2v) is 15.5. The molecule has 0 amide bonds. The van der Waals surface area contributed by atoms with E-state index in [1.807, 2.05) is 29.5 Å². The van der Waals surface area contributed by atoms with Gasteiger partial charge in [-0.3, -0.25) is 0 Å². The summed E-state index contributed by atoms with van der Waals surface area (Å²) in [5.41, 5.74) is 14.7. The first-order chi connectivity index (χ1) is 27.8. The summed E-state index contributed by atoms with van der Waals surface area (Å²) in [7, 11) is 0. The van der Waals surface area contributed by atoms with Crippen molar-refractivity contribution in [2.24, 2.45) is 0 Å². The molecule has 0 unspecified atom stereocenters. The number of hydrogen-bond donors (Lipinski definition) is 0. The molecule has 10 aromatic rings. The second-order valence-electron chi connectivity index (χ2n) is 14.5. The molecule has 2 heterocycles. The topological polar surface area (TPSA) is 25.8 Å². The van der Waals surface area contributed by atoms with E-state index in [9.17, 15) is 0 Å². The number of rotatable bonds is 6. The highest BCUT2D eigenvalue weighted by molar-refractivity contribution is 7.26. The zero-order valence-electron chi connectivity index (χ0n) is 30.4. The van der Waals surface area contributed by atoms with Crippen molar-refractivity contribution in [2.75, 3.05) is 0 Å². The van der Waals surface area contributed by atoms with Gasteiger partial charge >= 0.3 is 0 Å². The molecule has 3 heteroatoms. The van der Waals surface area contributed by atoms with Crippen LogP contribution in [0, 0.1) is 0 Å². The van der Waals surface area contributed by atoms with E-state index in [0.717, 1.165) is 39.5 Å². The molecule has 56 heavy (non-hydrogen) atoms. The molecule has 0 bridgehead atoms. The van der Waals surface area contributed by atoms with Crippen LogP contribution in [0.5, 0.6) is 0 Å². The smallest absolute Gasteiger partial charge is 0.160 e. The molecule has 0 saturated carbocycles. The summed E-state index contributed by atoms with van der Waals surface area (Å²) < 4.78 is 2.53. The van der Waals surface area contributed by atoms with Crippen LogP contribution in [0.4, 0.5) is 0 Å². The number of benzene rings is 8. The van der Waals surface area contributed by atoms with E-state index in [2.05, 4.69) is 188 Å². The van der Waals surface area contributed by atoms with Gasteiger partial charge in [0.2, 0.25) is 0 Å². The van der Waals surface area contributed by atoms with E-state index in [1.165, 1.54) is 59.1 Å². The fourth-order valence-electron chi connectivity index (χ4n) is 8.86. The summed E-state index contributed by atoms with van der Waals surface area (Å²) in [4.78, 5) is 10.3. The molecular formula is C53H34N2S. The Morgan fingerprint density at radius 1 is 0.357 bits per heavy atom. The monoisotopic (exact) mass is 730 g/mol. The van der Waals surface area contributed by atoms with E-state index >= 15 is 0 Å². The molecule has 0 saturated heterocycles. The van der Waals surface area contributed by atoms with Crippen molar-refractivity contribution in [3.63, 3.8) is 0 Å². The fraction of sp³-hybridized carbons (Fsp3) is 0.0189. The third-order valence-corrected chi connectivity index (χ3v) is 12.6. The van der Waals surface area contributed by atoms with Crippen molar-refractivity contribution in [3.8, 4) is 56.2 Å². The Hall–Kier alpha value is -6.94. The van der Waals surface area contributed by atoms with Crippen LogP contribution in [0.2, 0.25) is 0 Å². The predicted octanol–water partition coefficient (Wildman–Crippen LogP) is 13.9. The van der Waals surface area contributed by atoms with Crippen LogP contribution in [0.3, 0.4) is 0 Å². The molecule has 0 fully saturated rings. The number of aromatic nitrogens is 2. The average Bonchev–Trinajstić information content (AvgIpc) is 3.81. The summed E-state index contributed by atoms with van der Waals surface area (Å²) in [6, 6.07) is 74.4. The normalized spacial score (nSPS) is 12.8. The molecule has 1 aliphatic rings. The van der Waals surface area contributed by atoms with Crippen LogP contribution < -0.4 is 0 Å². The summed E-state index contributed by atoms with van der Waals surface area (Å²) in [5.74, 6) is 0.721. The quantitative estimate of drug-likeness (QED) is 0.170. The van der Waals surface area contributed by atoms with Gasteiger partial charge in [0.1, 0.15) is 0 Å². The first-order valence-electron chi connectivity index (χ1n) is 19.1. The van der Waals surface area contributed by atoms with Crippen LogP contribution in [0.25, 0.3) is 76.3 Å². The molecule has 0 atom stereocenters. The summed E-state index contributed by atoms with van der Waals surface area (Å²) >= 11 is 1.83. The van der Waals surface area contributed by atoms with E-state index in [1.54, 1.807) is 0 Å². The average molecular weight is 731 g/mol. The molecule has 0 spiro atoms. The van der Waals surface area contributed by atoms with Crippen LogP contribution in [-0.2, 0) is 5.41 Å². The third-order valence-electron chi connectivity index (χ3n) is 11.4. The summed E-state index contributed by atoms with van der Waals surface area (Å²) in [6.07, 6.45) is 0. The molecule has 11 rings (SSSR count). The summed E-state index contributed by atoms with van der Waals surface area (Å²) in [6.45, 7) is 0. The third kappa shape index (κ3) is 5.09. The van der Waals surface area contributed by atoms with E-state index < -0.39 is 5.41 Å². The van der Waals surface area contributed by atoms with Crippen molar-refractivity contribution in [3.05, 3.63) is 229 Å². The molecule has 262 valence electrons. The van der Waals surface area contributed by atoms with E-state index in [0.29, 0.717) is 0 Å². The Bertz CT molecular complexity index is 3010. The zero-order valence-corrected chi connectivity index (χ0v) is 31.2. The lowest BCUT2D eigenvalue weighted by Crippen LogP contribution is -2.28. The van der Waals surface area contributed by atoms with Gasteiger partial charge in [-0.25, -0.2) is 9.97 Å². The van der Waals surface area contributed by atoms with Gasteiger partial charge in [-0.1, -0.05) is 194 Å². The number of fused-ring (bicyclic) bond motifs is 6. The van der Waals surface area contributed by atoms with Crippen LogP contribution in [-0.4, -0.2) is 9.97 Å². The maximum atomic E-state index is 5.18. The van der Waals surface area contributed by atoms with Gasteiger partial charge in [0, 0.05) is 36.9 Å². The second kappa shape index (κ2) is 13.1. The Balaban J connectivity index is 0.992. The van der Waals surface area contributed by atoms with Crippen molar-refractivity contribution in [2.45, 2.75) is 5.41 Å². The molecule has 2 aromatic heterocycles. The maximum Gasteiger partial charge on any atom is 0.160 e. The van der Waals surface area contributed by atoms with Gasteiger partial charge in [0.25, 0.3) is 0 Å². The highest BCUT2D eigenvalue weighted by Gasteiger charge is 2.45. The predicted molar refractivity (Wildman–Crippen MR) is 234 cm³/mol. The van der Waals surface area contributed by atoms with Gasteiger partial charge in [-0.2, -0.15) is 0 Å². The molecule has 0 N–H and O–H groups in total. The van der Waals surface area contributed by atoms with Crippen molar-refractivity contribution in [1.82, 2.24) is 9.97 Å². The van der Waals surface area contributed by atoms with Gasteiger partial charge in [-0.15, -0.1) is 11.3 Å². The first kappa shape index (κ1) is 32.5. The first-order valence-corrected chi connectivity index (χ1v) is 19.9. The molecule has 2 nitrogen and oxygen atoms in total. The van der Waals surface area contributed by atoms with Crippen molar-refractivity contribution in [1.29, 1.82) is 0 Å². The van der Waals surface area contributed by atoms with Crippen molar-refractivity contribution >= 4 is 31.5 Å². The highest BCUT2D eigenvalue weighted by Crippen LogP contribution is 2.56. The van der Waals surface area contributed by atoms with Gasteiger partial charge < -0.3 is 0 Å². The Morgan fingerprint density at radius 3 is 1.59 bits per heavy atom. The van der Waals surface area contributed by atoms with Crippen LogP contribution in [0.1, 0.15) is 22.3 Å². The Morgan fingerprint density at radius 2 is 0.875 bits per heavy atom. The minimum atomic E-state index is -0.405. The van der Waals surface area contributed by atoms with Gasteiger partial charge in [0.15, 0.2) is 5.82 Å². The highest BCUT2D eigenvalue weighted by atomic mass is 32.1. The Labute approximate surface area is 330 Å². The van der Waals surface area contributed by atoms with Crippen LogP contribution >= 0.6 is 11.3 Å². The van der Waals surface area contributed by atoms with E-state index in [-0.39, 0.29) is 0 Å². The Kier molecular flexibility index (Phi) is 7.61. The minimum Gasteiger partial charge on any atom is -0.228 e. The molecule has 8 aromatic carbocycles. The molecule has 1 aliphatic carbocycles. The van der Waals surface area contributed by atoms with Crippen molar-refractivity contribution < 1.29 is 0 Å². The molecular weight excluding hydrogens is 697 g/mol. The fourth-order valence-corrected chi connectivity index (χ4v) is 10.1. The summed E-state index contributed by atoms with van der Waals surface area (Å²) in [5, 5.41) is 2.54. The number of hydrogen-bond acceptors (Lipinski definition) is 3. The molecule has 0 aliphatic heterocycles. The standard InChI is InChI=1S/C53H34N2S/c1-3-14-38(15-4-1)52-54-48(34-49(55-52)45-22-13-21-44-43-20-9-12-25-50(43)56-51(44)45)37-28-26-35(27-29-37)36-30-32-40(33-31-36)53(39-16-5-2-6-17-39)46-23-10-7-18-41(46)42-19-8-11-24-47(42)53/h1-34H. The van der Waals surface area contributed by atoms with Gasteiger partial charge in [-0.05, 0) is 56.6 Å².